The van der Waals surface area contributed by atoms with Gasteiger partial charge in [0.05, 0.1) is 0 Å². The van der Waals surface area contributed by atoms with Crippen molar-refractivity contribution in [2.75, 3.05) is 0 Å². The first kappa shape index (κ1) is 12.6. The third-order valence-corrected chi connectivity index (χ3v) is 2.88. The van der Waals surface area contributed by atoms with E-state index in [9.17, 15) is 0 Å². The van der Waals surface area contributed by atoms with Crippen LogP contribution in [0.2, 0.25) is 0 Å². The fourth-order valence-corrected chi connectivity index (χ4v) is 1.81. The van der Waals surface area contributed by atoms with Gasteiger partial charge in [-0.15, -0.1) is 0 Å². The molecule has 3 nitrogen and oxygen atoms in total. The van der Waals surface area contributed by atoms with E-state index in [4.69, 9.17) is 10.5 Å². The van der Waals surface area contributed by atoms with Crippen molar-refractivity contribution in [3.8, 4) is 5.75 Å². The molecule has 0 aliphatic heterocycles. The van der Waals surface area contributed by atoms with Gasteiger partial charge in [0.25, 0.3) is 0 Å². The largest absolute Gasteiger partial charge is 0.484 e. The van der Waals surface area contributed by atoms with Crippen molar-refractivity contribution in [1.29, 1.82) is 0 Å². The molecule has 1 heterocycles. The Bertz CT molecular complexity index is 458. The molecule has 2 rings (SSSR count). The third-order valence-electron chi connectivity index (χ3n) is 2.88. The number of benzene rings is 1. The van der Waals surface area contributed by atoms with Crippen molar-refractivity contribution >= 4 is 0 Å². The van der Waals surface area contributed by atoms with Gasteiger partial charge in [0.2, 0.25) is 0 Å². The second-order valence-corrected chi connectivity index (χ2v) is 4.21. The minimum Gasteiger partial charge on any atom is -0.484 e. The monoisotopic (exact) mass is 242 g/mol. The number of ether oxygens (including phenoxy) is 1. The molecule has 0 radical (unpaired) electrons. The summed E-state index contributed by atoms with van der Waals surface area (Å²) < 4.78 is 5.99. The van der Waals surface area contributed by atoms with E-state index in [2.05, 4.69) is 11.9 Å². The number of para-hydroxylation sites is 1. The minimum atomic E-state index is -0.161. The lowest BCUT2D eigenvalue weighted by molar-refractivity contribution is 0.170. The van der Waals surface area contributed by atoms with Crippen LogP contribution in [0.15, 0.2) is 54.9 Å². The number of hydrogen-bond donors (Lipinski definition) is 1. The average Bonchev–Trinajstić information content (AvgIpc) is 2.46. The summed E-state index contributed by atoms with van der Waals surface area (Å²) in [6, 6.07) is 13.6. The first-order chi connectivity index (χ1) is 8.81. The van der Waals surface area contributed by atoms with Gasteiger partial charge in [-0.2, -0.15) is 0 Å². The highest BCUT2D eigenvalue weighted by Gasteiger charge is 2.20. The highest BCUT2D eigenvalue weighted by Crippen LogP contribution is 2.24. The van der Waals surface area contributed by atoms with Crippen LogP contribution in [-0.4, -0.2) is 11.0 Å². The van der Waals surface area contributed by atoms with E-state index in [1.54, 1.807) is 6.20 Å². The lowest BCUT2D eigenvalue weighted by Gasteiger charge is -2.24. The maximum atomic E-state index is 6.14. The Morgan fingerprint density at radius 3 is 2.56 bits per heavy atom. The van der Waals surface area contributed by atoms with Crippen LogP contribution >= 0.6 is 0 Å². The van der Waals surface area contributed by atoms with Crippen molar-refractivity contribution in [2.45, 2.75) is 25.5 Å². The highest BCUT2D eigenvalue weighted by atomic mass is 16.5. The normalized spacial score (nSPS) is 13.9. The van der Waals surface area contributed by atoms with E-state index in [1.165, 1.54) is 0 Å². The maximum Gasteiger partial charge on any atom is 0.140 e. The number of nitrogens with two attached hydrogens (primary N) is 1. The van der Waals surface area contributed by atoms with E-state index in [-0.39, 0.29) is 12.1 Å². The Labute approximate surface area is 108 Å². The van der Waals surface area contributed by atoms with Gasteiger partial charge in [-0.05, 0) is 24.6 Å². The van der Waals surface area contributed by atoms with E-state index in [1.807, 2.05) is 48.7 Å². The zero-order valence-corrected chi connectivity index (χ0v) is 10.5. The number of pyridine rings is 1. The van der Waals surface area contributed by atoms with Crippen LogP contribution in [0.4, 0.5) is 0 Å². The van der Waals surface area contributed by atoms with Crippen molar-refractivity contribution in [2.24, 2.45) is 5.73 Å². The summed E-state index contributed by atoms with van der Waals surface area (Å²) in [4.78, 5) is 4.13. The van der Waals surface area contributed by atoms with E-state index >= 15 is 0 Å². The summed E-state index contributed by atoms with van der Waals surface area (Å²) in [6.07, 6.45) is 4.25. The lowest BCUT2D eigenvalue weighted by atomic mass is 10.0. The van der Waals surface area contributed by atoms with Crippen molar-refractivity contribution in [3.63, 3.8) is 0 Å². The number of nitrogens with zero attached hydrogens (tertiary/aromatic N) is 1. The van der Waals surface area contributed by atoms with Crippen LogP contribution in [-0.2, 0) is 0 Å². The Kier molecular flexibility index (Phi) is 4.31. The zero-order valence-electron chi connectivity index (χ0n) is 10.5. The Morgan fingerprint density at radius 1 is 1.17 bits per heavy atom. The predicted octanol–water partition coefficient (Wildman–Crippen LogP) is 2.94. The number of aromatic nitrogens is 1. The molecule has 0 fully saturated rings. The van der Waals surface area contributed by atoms with Crippen LogP contribution in [0.25, 0.3) is 0 Å². The van der Waals surface area contributed by atoms with Gasteiger partial charge < -0.3 is 10.5 Å². The van der Waals surface area contributed by atoms with Gasteiger partial charge in [0.15, 0.2) is 0 Å². The maximum absolute atomic E-state index is 6.14. The van der Waals surface area contributed by atoms with E-state index in [0.717, 1.165) is 17.7 Å². The lowest BCUT2D eigenvalue weighted by Crippen LogP contribution is -2.31. The Hall–Kier alpha value is -1.87. The molecule has 0 amide bonds. The topological polar surface area (TPSA) is 48.1 Å². The molecule has 0 aliphatic rings. The van der Waals surface area contributed by atoms with E-state index in [0.29, 0.717) is 0 Å². The predicted molar refractivity (Wildman–Crippen MR) is 72.3 cm³/mol. The summed E-state index contributed by atoms with van der Waals surface area (Å²) in [7, 11) is 0. The minimum absolute atomic E-state index is 0.0468. The van der Waals surface area contributed by atoms with Gasteiger partial charge in [-0.25, -0.2) is 0 Å². The fraction of sp³-hybridized carbons (Fsp3) is 0.267. The van der Waals surface area contributed by atoms with Crippen molar-refractivity contribution < 1.29 is 4.74 Å². The summed E-state index contributed by atoms with van der Waals surface area (Å²) >= 11 is 0. The molecule has 2 aromatic rings. The summed E-state index contributed by atoms with van der Waals surface area (Å²) in [6.45, 7) is 2.06. The molecular formula is C15H18N2O. The Morgan fingerprint density at radius 2 is 1.94 bits per heavy atom. The number of hydrogen-bond acceptors (Lipinski definition) is 3. The quantitative estimate of drug-likeness (QED) is 0.877. The first-order valence-corrected chi connectivity index (χ1v) is 6.18. The zero-order chi connectivity index (χ0) is 12.8. The molecule has 18 heavy (non-hydrogen) atoms. The van der Waals surface area contributed by atoms with Gasteiger partial charge in [-0.3, -0.25) is 4.98 Å². The Balaban J connectivity index is 2.21. The molecule has 0 spiro atoms. The third kappa shape index (κ3) is 3.08. The molecule has 0 saturated carbocycles. The summed E-state index contributed by atoms with van der Waals surface area (Å²) in [5, 5.41) is 0. The molecule has 2 unspecified atom stereocenters. The van der Waals surface area contributed by atoms with E-state index < -0.39 is 0 Å². The average molecular weight is 242 g/mol. The van der Waals surface area contributed by atoms with Crippen LogP contribution in [0.5, 0.6) is 5.75 Å². The molecule has 94 valence electrons. The second kappa shape index (κ2) is 6.17. The molecular weight excluding hydrogens is 224 g/mol. The standard InChI is InChI=1S/C15H18N2O/c1-2-14(16)15(12-7-6-10-17-11-12)18-13-8-4-3-5-9-13/h3-11,14-15H,2,16H2,1H3. The molecule has 3 heteroatoms. The fourth-order valence-electron chi connectivity index (χ4n) is 1.81. The van der Waals surface area contributed by atoms with Crippen molar-refractivity contribution in [1.82, 2.24) is 4.98 Å². The molecule has 0 aliphatic carbocycles. The SMILES string of the molecule is CCC(N)C(Oc1ccccc1)c1cccnc1. The van der Waals surface area contributed by atoms with Crippen LogP contribution in [0, 0.1) is 0 Å². The molecule has 1 aromatic carbocycles. The smallest absolute Gasteiger partial charge is 0.140 e. The number of rotatable bonds is 5. The highest BCUT2D eigenvalue weighted by molar-refractivity contribution is 5.24. The molecule has 2 atom stereocenters. The second-order valence-electron chi connectivity index (χ2n) is 4.21. The van der Waals surface area contributed by atoms with Gasteiger partial charge in [0.1, 0.15) is 11.9 Å². The summed E-state index contributed by atoms with van der Waals surface area (Å²) in [5.41, 5.74) is 7.15. The van der Waals surface area contributed by atoms with Gasteiger partial charge in [0, 0.05) is 24.0 Å². The molecule has 0 saturated heterocycles. The van der Waals surface area contributed by atoms with Crippen LogP contribution in [0.3, 0.4) is 0 Å². The molecule has 0 bridgehead atoms. The van der Waals surface area contributed by atoms with Crippen LogP contribution < -0.4 is 10.5 Å². The van der Waals surface area contributed by atoms with Gasteiger partial charge >= 0.3 is 0 Å². The van der Waals surface area contributed by atoms with Gasteiger partial charge in [-0.1, -0.05) is 31.2 Å². The van der Waals surface area contributed by atoms with Crippen molar-refractivity contribution in [3.05, 3.63) is 60.4 Å². The summed E-state index contributed by atoms with van der Waals surface area (Å²) in [5.74, 6) is 0.829. The first-order valence-electron chi connectivity index (χ1n) is 6.18. The molecule has 1 aromatic heterocycles. The molecule has 2 N–H and O–H groups in total. The van der Waals surface area contributed by atoms with Crippen LogP contribution in [0.1, 0.15) is 25.0 Å².